The third-order valence-corrected chi connectivity index (χ3v) is 7.49. The number of amides is 1. The van der Waals surface area contributed by atoms with Crippen LogP contribution in [0.15, 0.2) is 46.1 Å². The number of ether oxygens (including phenoxy) is 4. The molecule has 1 N–H and O–H groups in total. The number of rotatable bonds is 6. The van der Waals surface area contributed by atoms with Gasteiger partial charge in [-0.25, -0.2) is 4.79 Å². The van der Waals surface area contributed by atoms with Crippen molar-refractivity contribution in [2.24, 2.45) is 0 Å². The van der Waals surface area contributed by atoms with E-state index in [0.29, 0.717) is 18.8 Å². The summed E-state index contributed by atoms with van der Waals surface area (Å²) in [6, 6.07) is 7.52. The monoisotopic (exact) mass is 530 g/mol. The topological polar surface area (TPSA) is 125 Å². The van der Waals surface area contributed by atoms with Crippen molar-refractivity contribution >= 4 is 5.91 Å². The molecule has 1 aromatic heterocycles. The predicted octanol–water partition coefficient (Wildman–Crippen LogP) is -0.382. The Labute approximate surface area is 219 Å². The van der Waals surface area contributed by atoms with Crippen molar-refractivity contribution < 1.29 is 28.8 Å². The summed E-state index contributed by atoms with van der Waals surface area (Å²) in [6.45, 7) is 4.67. The molecule has 0 bridgehead atoms. The maximum atomic E-state index is 13.6. The quantitative estimate of drug-likeness (QED) is 0.532. The Morgan fingerprint density at radius 3 is 2.42 bits per heavy atom. The molecule has 0 aliphatic carbocycles. The van der Waals surface area contributed by atoms with E-state index in [-0.39, 0.29) is 12.5 Å². The minimum Gasteiger partial charge on any atom is -0.497 e. The van der Waals surface area contributed by atoms with Gasteiger partial charge in [0.15, 0.2) is 12.0 Å². The van der Waals surface area contributed by atoms with Crippen LogP contribution in [0.4, 0.5) is 0 Å². The van der Waals surface area contributed by atoms with Gasteiger partial charge in [-0.15, -0.1) is 0 Å². The molecule has 3 fully saturated rings. The number of aromatic nitrogens is 2. The van der Waals surface area contributed by atoms with Gasteiger partial charge in [-0.1, -0.05) is 12.1 Å². The van der Waals surface area contributed by atoms with Gasteiger partial charge < -0.3 is 29.0 Å². The fourth-order valence-electron chi connectivity index (χ4n) is 5.45. The average molecular weight is 531 g/mol. The van der Waals surface area contributed by atoms with E-state index in [9.17, 15) is 19.5 Å². The maximum absolute atomic E-state index is 13.6. The van der Waals surface area contributed by atoms with Crippen LogP contribution in [0, 0.1) is 0 Å². The van der Waals surface area contributed by atoms with E-state index in [1.807, 2.05) is 0 Å². The van der Waals surface area contributed by atoms with Crippen molar-refractivity contribution in [2.75, 3.05) is 34.3 Å². The summed E-state index contributed by atoms with van der Waals surface area (Å²) in [5.41, 5.74) is -0.313. The number of likely N-dealkylation sites (N-methyl/N-ethyl adjacent to an activating group) is 2. The smallest absolute Gasteiger partial charge is 0.333 e. The summed E-state index contributed by atoms with van der Waals surface area (Å²) in [5, 5.41) is 11.4. The van der Waals surface area contributed by atoms with E-state index in [2.05, 4.69) is 0 Å². The van der Waals surface area contributed by atoms with Gasteiger partial charge in [-0.3, -0.25) is 23.6 Å². The van der Waals surface area contributed by atoms with Crippen LogP contribution in [0.3, 0.4) is 0 Å². The highest BCUT2D eigenvalue weighted by Gasteiger charge is 2.59. The van der Waals surface area contributed by atoms with E-state index in [0.717, 1.165) is 10.1 Å². The Kier molecular flexibility index (Phi) is 6.95. The summed E-state index contributed by atoms with van der Waals surface area (Å²) in [4.78, 5) is 42.6. The lowest BCUT2D eigenvalue weighted by Crippen LogP contribution is -2.62. The van der Waals surface area contributed by atoms with E-state index in [4.69, 9.17) is 18.9 Å². The zero-order valence-corrected chi connectivity index (χ0v) is 22.1. The van der Waals surface area contributed by atoms with E-state index >= 15 is 0 Å². The van der Waals surface area contributed by atoms with Crippen molar-refractivity contribution in [3.8, 4) is 5.75 Å². The number of nitrogens with zero attached hydrogens (tertiary/aromatic N) is 4. The molecule has 206 valence electrons. The second-order valence-corrected chi connectivity index (χ2v) is 10.5. The van der Waals surface area contributed by atoms with Crippen LogP contribution in [0.2, 0.25) is 0 Å². The summed E-state index contributed by atoms with van der Waals surface area (Å²) in [5.74, 6) is -0.565. The minimum atomic E-state index is -1.24. The highest BCUT2D eigenvalue weighted by Crippen LogP contribution is 2.44. The van der Waals surface area contributed by atoms with E-state index in [1.54, 1.807) is 69.1 Å². The molecule has 2 aromatic rings. The predicted molar refractivity (Wildman–Crippen MR) is 135 cm³/mol. The van der Waals surface area contributed by atoms with Gasteiger partial charge in [-0.05, 0) is 38.6 Å². The number of methoxy groups -OCH3 is 1. The normalized spacial score (nSPS) is 29.9. The average Bonchev–Trinajstić information content (AvgIpc) is 3.37. The molecule has 1 aromatic carbocycles. The zero-order valence-electron chi connectivity index (χ0n) is 22.1. The number of piperazine rings is 1. The summed E-state index contributed by atoms with van der Waals surface area (Å²) in [6.07, 6.45) is -3.32. The van der Waals surface area contributed by atoms with Crippen LogP contribution in [0.5, 0.6) is 5.75 Å². The highest BCUT2D eigenvalue weighted by atomic mass is 16.8. The summed E-state index contributed by atoms with van der Waals surface area (Å²) in [7, 11) is 5.03. The first-order chi connectivity index (χ1) is 18.0. The van der Waals surface area contributed by atoms with E-state index in [1.165, 1.54) is 16.8 Å². The van der Waals surface area contributed by atoms with E-state index < -0.39 is 53.7 Å². The second kappa shape index (κ2) is 9.93. The molecule has 12 nitrogen and oxygen atoms in total. The summed E-state index contributed by atoms with van der Waals surface area (Å²) >= 11 is 0. The van der Waals surface area contributed by atoms with Crippen LogP contribution in [0.25, 0.3) is 0 Å². The molecule has 3 aliphatic heterocycles. The van der Waals surface area contributed by atoms with Gasteiger partial charge in [-0.2, -0.15) is 0 Å². The fourth-order valence-corrected chi connectivity index (χ4v) is 5.45. The van der Waals surface area contributed by atoms with Crippen molar-refractivity contribution in [3.63, 3.8) is 0 Å². The van der Waals surface area contributed by atoms with Gasteiger partial charge in [0.1, 0.15) is 36.2 Å². The molecular weight excluding hydrogens is 496 g/mol. The van der Waals surface area contributed by atoms with Gasteiger partial charge in [0.2, 0.25) is 5.91 Å². The first-order valence-corrected chi connectivity index (χ1v) is 12.6. The van der Waals surface area contributed by atoms with Gasteiger partial charge >= 0.3 is 5.69 Å². The van der Waals surface area contributed by atoms with Gasteiger partial charge in [0.05, 0.1) is 13.7 Å². The number of aliphatic hydroxyl groups excluding tert-OH is 1. The second-order valence-electron chi connectivity index (χ2n) is 10.5. The number of fused-ring (bicyclic) bond motifs is 1. The van der Waals surface area contributed by atoms with Crippen molar-refractivity contribution in [1.29, 1.82) is 0 Å². The first-order valence-electron chi connectivity index (χ1n) is 12.6. The number of hydrogen-bond donors (Lipinski definition) is 1. The zero-order chi connectivity index (χ0) is 27.4. The number of hydrogen-bond acceptors (Lipinski definition) is 9. The largest absolute Gasteiger partial charge is 0.497 e. The molecule has 0 unspecified atom stereocenters. The standard InChI is InChI=1S/C26H34N4O8/c1-26(2)37-21-20(19(32)18-23(33)28(4)13-12-27(18)3)36-24(22(21)38-26)29-11-10-17(31)30(25(29)34)14-15-6-8-16(35-5)9-7-15/h6-11,18-22,24,32H,12-14H2,1-5H3/t18-,19+,20+,21+,22+,24+/m0/s1. The van der Waals surface area contributed by atoms with Crippen LogP contribution < -0.4 is 16.0 Å². The molecule has 12 heteroatoms. The Hall–Kier alpha value is -3.03. The fraction of sp³-hybridized carbons (Fsp3) is 0.577. The molecule has 0 spiro atoms. The molecule has 0 radical (unpaired) electrons. The molecule has 1 amide bonds. The molecule has 0 saturated carbocycles. The highest BCUT2D eigenvalue weighted by molar-refractivity contribution is 5.83. The SMILES string of the molecule is COc1ccc(Cn2c(=O)ccn([C@@H]3O[C@H]([C@H](O)[C@H]4C(=O)N(C)CCN4C)[C@H]4OC(C)(C)O[C@H]43)c2=O)cc1. The Morgan fingerprint density at radius 1 is 1.05 bits per heavy atom. The number of benzene rings is 1. The van der Waals surface area contributed by atoms with Crippen LogP contribution in [-0.2, 0) is 25.5 Å². The van der Waals surface area contributed by atoms with Gasteiger partial charge in [0.25, 0.3) is 5.56 Å². The number of carbonyl (C=O) groups excluding carboxylic acids is 1. The molecule has 3 aliphatic rings. The molecule has 5 rings (SSSR count). The third kappa shape index (κ3) is 4.67. The maximum Gasteiger partial charge on any atom is 0.333 e. The molecular formula is C26H34N4O8. The Morgan fingerprint density at radius 2 is 1.74 bits per heavy atom. The van der Waals surface area contributed by atoms with Crippen LogP contribution in [-0.4, -0.2) is 100 Å². The number of aliphatic hydroxyl groups is 1. The Bertz CT molecular complexity index is 1310. The van der Waals surface area contributed by atoms with Crippen molar-refractivity contribution in [2.45, 2.75) is 62.9 Å². The molecule has 6 atom stereocenters. The van der Waals surface area contributed by atoms with Crippen LogP contribution in [0.1, 0.15) is 25.6 Å². The molecule has 38 heavy (non-hydrogen) atoms. The number of carbonyl (C=O) groups is 1. The third-order valence-electron chi connectivity index (χ3n) is 7.49. The molecule has 3 saturated heterocycles. The summed E-state index contributed by atoms with van der Waals surface area (Å²) < 4.78 is 26.1. The van der Waals surface area contributed by atoms with Crippen molar-refractivity contribution in [3.05, 3.63) is 62.9 Å². The Balaban J connectivity index is 1.48. The lowest BCUT2D eigenvalue weighted by atomic mass is 9.96. The lowest BCUT2D eigenvalue weighted by Gasteiger charge is -2.41. The first kappa shape index (κ1) is 26.6. The lowest BCUT2D eigenvalue weighted by molar-refractivity contribution is -0.212. The van der Waals surface area contributed by atoms with Crippen molar-refractivity contribution in [1.82, 2.24) is 18.9 Å². The van der Waals surface area contributed by atoms with Crippen LogP contribution >= 0.6 is 0 Å². The minimum absolute atomic E-state index is 0.0475. The van der Waals surface area contributed by atoms with Gasteiger partial charge in [0, 0.05) is 32.4 Å². The molecule has 4 heterocycles.